The van der Waals surface area contributed by atoms with Gasteiger partial charge in [-0.3, -0.25) is 0 Å². The van der Waals surface area contributed by atoms with Crippen molar-refractivity contribution in [2.24, 2.45) is 0 Å². The highest BCUT2D eigenvalue weighted by Gasteiger charge is 2.10. The minimum absolute atomic E-state index is 0.716. The highest BCUT2D eigenvalue weighted by Crippen LogP contribution is 2.25. The summed E-state index contributed by atoms with van der Waals surface area (Å²) in [7, 11) is 3.48. The summed E-state index contributed by atoms with van der Waals surface area (Å²) in [4.78, 5) is 2.60. The maximum absolute atomic E-state index is 6.01. The van der Waals surface area contributed by atoms with Crippen LogP contribution in [0.15, 0.2) is 18.2 Å². The Kier molecular flexibility index (Phi) is 12.8. The predicted molar refractivity (Wildman–Crippen MR) is 118 cm³/mol. The topological polar surface area (TPSA) is 40.2 Å². The zero-order chi connectivity index (χ0) is 20.6. The number of piperidine rings is 1. The Labute approximate surface area is 177 Å². The summed E-state index contributed by atoms with van der Waals surface area (Å²) in [6, 6.07) is 6.40. The van der Waals surface area contributed by atoms with Crippen molar-refractivity contribution in [1.82, 2.24) is 4.90 Å². The molecule has 0 aromatic heterocycles. The first-order valence-electron chi connectivity index (χ1n) is 11.4. The van der Waals surface area contributed by atoms with Crippen molar-refractivity contribution in [2.75, 3.05) is 60.3 Å². The molecular formula is C24H41NO4. The Morgan fingerprint density at radius 1 is 0.690 bits per heavy atom. The highest BCUT2D eigenvalue weighted by atomic mass is 16.5. The van der Waals surface area contributed by atoms with Gasteiger partial charge in [0.05, 0.1) is 13.2 Å². The molecule has 0 N–H and O–H groups in total. The lowest BCUT2D eigenvalue weighted by Gasteiger charge is -2.26. The third-order valence-corrected chi connectivity index (χ3v) is 5.35. The summed E-state index contributed by atoms with van der Waals surface area (Å²) in [5, 5.41) is 0. The van der Waals surface area contributed by atoms with Crippen LogP contribution in [0.4, 0.5) is 0 Å². The molecule has 166 valence electrons. The Morgan fingerprint density at radius 2 is 1.24 bits per heavy atom. The van der Waals surface area contributed by atoms with Crippen molar-refractivity contribution in [3.05, 3.63) is 23.8 Å². The Hall–Kier alpha value is -1.30. The standard InChI is InChI=1S/C24H41NO4/c1-26-15-6-8-17-28-23-19-22(11-10-14-25-12-4-3-5-13-25)20-24(21-23)29-18-9-7-16-27-2/h19-21H,3-18H2,1-2H3. The lowest BCUT2D eigenvalue weighted by molar-refractivity contribution is 0.183. The number of ether oxygens (including phenoxy) is 4. The summed E-state index contributed by atoms with van der Waals surface area (Å²) in [5.41, 5.74) is 1.31. The second kappa shape index (κ2) is 15.5. The van der Waals surface area contributed by atoms with Crippen LogP contribution >= 0.6 is 0 Å². The van der Waals surface area contributed by atoms with Crippen LogP contribution in [0.1, 0.15) is 56.9 Å². The number of hydrogen-bond donors (Lipinski definition) is 0. The van der Waals surface area contributed by atoms with E-state index in [4.69, 9.17) is 18.9 Å². The summed E-state index contributed by atoms with van der Waals surface area (Å²) < 4.78 is 22.2. The average molecular weight is 408 g/mol. The van der Waals surface area contributed by atoms with Gasteiger partial charge in [-0.2, -0.15) is 0 Å². The van der Waals surface area contributed by atoms with Crippen LogP contribution in [-0.2, 0) is 15.9 Å². The molecule has 0 bridgehead atoms. The average Bonchev–Trinajstić information content (AvgIpc) is 2.74. The van der Waals surface area contributed by atoms with E-state index in [0.717, 1.165) is 56.8 Å². The SMILES string of the molecule is COCCCCOc1cc(CCCN2CCCCC2)cc(OCCCCOC)c1. The van der Waals surface area contributed by atoms with Crippen molar-refractivity contribution in [1.29, 1.82) is 0 Å². The van der Waals surface area contributed by atoms with Gasteiger partial charge in [-0.15, -0.1) is 0 Å². The van der Waals surface area contributed by atoms with Crippen molar-refractivity contribution < 1.29 is 18.9 Å². The zero-order valence-corrected chi connectivity index (χ0v) is 18.6. The molecule has 1 fully saturated rings. The van der Waals surface area contributed by atoms with Gasteiger partial charge < -0.3 is 23.8 Å². The number of unbranched alkanes of at least 4 members (excludes halogenated alkanes) is 2. The van der Waals surface area contributed by atoms with E-state index in [1.165, 1.54) is 50.9 Å². The Bertz CT molecular complexity index is 499. The minimum atomic E-state index is 0.716. The molecule has 0 aliphatic carbocycles. The second-order valence-corrected chi connectivity index (χ2v) is 7.92. The fraction of sp³-hybridized carbons (Fsp3) is 0.750. The summed E-state index contributed by atoms with van der Waals surface area (Å²) >= 11 is 0. The molecule has 0 atom stereocenters. The van der Waals surface area contributed by atoms with E-state index >= 15 is 0 Å². The van der Waals surface area contributed by atoms with Gasteiger partial charge in [0.2, 0.25) is 0 Å². The van der Waals surface area contributed by atoms with Gasteiger partial charge >= 0.3 is 0 Å². The van der Waals surface area contributed by atoms with Gasteiger partial charge in [-0.05, 0) is 88.7 Å². The molecule has 0 saturated carbocycles. The fourth-order valence-electron chi connectivity index (χ4n) is 3.71. The molecule has 5 heteroatoms. The molecule has 1 heterocycles. The molecule has 5 nitrogen and oxygen atoms in total. The number of rotatable bonds is 16. The first-order chi connectivity index (χ1) is 14.3. The number of hydrogen-bond acceptors (Lipinski definition) is 5. The van der Waals surface area contributed by atoms with Gasteiger partial charge in [0, 0.05) is 33.5 Å². The van der Waals surface area contributed by atoms with E-state index in [-0.39, 0.29) is 0 Å². The molecule has 1 aromatic carbocycles. The number of benzene rings is 1. The van der Waals surface area contributed by atoms with Gasteiger partial charge in [-0.25, -0.2) is 0 Å². The van der Waals surface area contributed by atoms with Crippen LogP contribution in [0.2, 0.25) is 0 Å². The summed E-state index contributed by atoms with van der Waals surface area (Å²) in [5.74, 6) is 1.84. The van der Waals surface area contributed by atoms with Crippen molar-refractivity contribution in [2.45, 2.75) is 57.8 Å². The molecule has 0 amide bonds. The molecule has 1 aliphatic rings. The Morgan fingerprint density at radius 3 is 1.79 bits per heavy atom. The van der Waals surface area contributed by atoms with Gasteiger partial charge in [0.25, 0.3) is 0 Å². The first kappa shape index (κ1) is 24.0. The van der Waals surface area contributed by atoms with E-state index in [1.807, 2.05) is 6.07 Å². The second-order valence-electron chi connectivity index (χ2n) is 7.92. The lowest BCUT2D eigenvalue weighted by atomic mass is 10.1. The van der Waals surface area contributed by atoms with Crippen molar-refractivity contribution in [3.63, 3.8) is 0 Å². The van der Waals surface area contributed by atoms with E-state index in [9.17, 15) is 0 Å². The summed E-state index contributed by atoms with van der Waals surface area (Å²) in [6.45, 7) is 6.73. The van der Waals surface area contributed by atoms with Crippen LogP contribution in [0.3, 0.4) is 0 Å². The summed E-state index contributed by atoms with van der Waals surface area (Å²) in [6.07, 6.45) is 10.4. The van der Waals surface area contributed by atoms with Gasteiger partial charge in [0.1, 0.15) is 11.5 Å². The first-order valence-corrected chi connectivity index (χ1v) is 11.4. The van der Waals surface area contributed by atoms with E-state index in [0.29, 0.717) is 13.2 Å². The number of likely N-dealkylation sites (tertiary alicyclic amines) is 1. The molecular weight excluding hydrogens is 366 g/mol. The minimum Gasteiger partial charge on any atom is -0.493 e. The lowest BCUT2D eigenvalue weighted by Crippen LogP contribution is -2.30. The monoisotopic (exact) mass is 407 g/mol. The quantitative estimate of drug-likeness (QED) is 0.371. The predicted octanol–water partition coefficient (Wildman–Crippen LogP) is 4.72. The largest absolute Gasteiger partial charge is 0.493 e. The van der Waals surface area contributed by atoms with E-state index in [1.54, 1.807) is 14.2 Å². The molecule has 1 aliphatic heterocycles. The zero-order valence-electron chi connectivity index (χ0n) is 18.6. The van der Waals surface area contributed by atoms with Crippen molar-refractivity contribution >= 4 is 0 Å². The van der Waals surface area contributed by atoms with Crippen LogP contribution in [0.25, 0.3) is 0 Å². The number of methoxy groups -OCH3 is 2. The van der Waals surface area contributed by atoms with Gasteiger partial charge in [-0.1, -0.05) is 6.42 Å². The van der Waals surface area contributed by atoms with Crippen LogP contribution in [0.5, 0.6) is 11.5 Å². The number of aryl methyl sites for hydroxylation is 1. The molecule has 0 spiro atoms. The normalized spacial score (nSPS) is 14.8. The maximum Gasteiger partial charge on any atom is 0.123 e. The highest BCUT2D eigenvalue weighted by molar-refractivity contribution is 5.38. The maximum atomic E-state index is 6.01. The smallest absolute Gasteiger partial charge is 0.123 e. The van der Waals surface area contributed by atoms with Crippen LogP contribution in [0, 0.1) is 0 Å². The third kappa shape index (κ3) is 10.9. The fourth-order valence-corrected chi connectivity index (χ4v) is 3.71. The molecule has 0 radical (unpaired) electrons. The third-order valence-electron chi connectivity index (χ3n) is 5.35. The molecule has 2 rings (SSSR count). The molecule has 0 unspecified atom stereocenters. The van der Waals surface area contributed by atoms with Crippen molar-refractivity contribution in [3.8, 4) is 11.5 Å². The van der Waals surface area contributed by atoms with E-state index < -0.39 is 0 Å². The van der Waals surface area contributed by atoms with Gasteiger partial charge in [0.15, 0.2) is 0 Å². The van der Waals surface area contributed by atoms with E-state index in [2.05, 4.69) is 17.0 Å². The van der Waals surface area contributed by atoms with Crippen LogP contribution in [-0.4, -0.2) is 65.2 Å². The number of nitrogens with zero attached hydrogens (tertiary/aromatic N) is 1. The molecule has 29 heavy (non-hydrogen) atoms. The molecule has 1 saturated heterocycles. The van der Waals surface area contributed by atoms with Crippen LogP contribution < -0.4 is 9.47 Å². The molecule has 1 aromatic rings. The Balaban J connectivity index is 1.84.